The third-order valence-corrected chi connectivity index (χ3v) is 3.79. The van der Waals surface area contributed by atoms with Crippen molar-refractivity contribution in [3.8, 4) is 0 Å². The highest BCUT2D eigenvalue weighted by molar-refractivity contribution is 5.69. The van der Waals surface area contributed by atoms with Gasteiger partial charge in [0, 0.05) is 12.1 Å². The van der Waals surface area contributed by atoms with E-state index in [9.17, 15) is 4.79 Å². The SMILES string of the molecule is C=CC/C(=C\CCCCCCCC)NC(=O)OCc1ccccc1. The minimum absolute atomic E-state index is 0.283. The fourth-order valence-electron chi connectivity index (χ4n) is 2.43. The van der Waals surface area contributed by atoms with E-state index in [-0.39, 0.29) is 6.61 Å². The maximum Gasteiger partial charge on any atom is 0.411 e. The van der Waals surface area contributed by atoms with Crippen LogP contribution in [-0.2, 0) is 11.3 Å². The first-order chi connectivity index (χ1) is 11.8. The molecule has 0 fully saturated rings. The Morgan fingerprint density at radius 2 is 1.83 bits per heavy atom. The van der Waals surface area contributed by atoms with Crippen molar-refractivity contribution in [2.24, 2.45) is 0 Å². The third-order valence-electron chi connectivity index (χ3n) is 3.79. The van der Waals surface area contributed by atoms with Crippen LogP contribution in [0.1, 0.15) is 63.9 Å². The van der Waals surface area contributed by atoms with Gasteiger partial charge in [-0.25, -0.2) is 4.79 Å². The van der Waals surface area contributed by atoms with E-state index < -0.39 is 6.09 Å². The monoisotopic (exact) mass is 329 g/mol. The Kier molecular flexibility index (Phi) is 11.2. The second kappa shape index (κ2) is 13.4. The number of carbonyl (C=O) groups excluding carboxylic acids is 1. The second-order valence-corrected chi connectivity index (χ2v) is 5.97. The molecule has 3 heteroatoms. The molecule has 132 valence electrons. The summed E-state index contributed by atoms with van der Waals surface area (Å²) in [6, 6.07) is 9.68. The van der Waals surface area contributed by atoms with Crippen LogP contribution in [0.15, 0.2) is 54.8 Å². The normalized spacial score (nSPS) is 11.1. The number of amides is 1. The first-order valence-electron chi connectivity index (χ1n) is 9.04. The number of benzene rings is 1. The molecule has 0 aliphatic heterocycles. The van der Waals surface area contributed by atoms with E-state index in [0.717, 1.165) is 24.1 Å². The van der Waals surface area contributed by atoms with Gasteiger partial charge in [-0.2, -0.15) is 0 Å². The molecule has 1 rings (SSSR count). The molecular weight excluding hydrogens is 298 g/mol. The Bertz CT molecular complexity index is 494. The topological polar surface area (TPSA) is 38.3 Å². The summed E-state index contributed by atoms with van der Waals surface area (Å²) in [6.45, 7) is 6.26. The molecule has 0 spiro atoms. The highest BCUT2D eigenvalue weighted by atomic mass is 16.5. The Morgan fingerprint density at radius 3 is 2.54 bits per heavy atom. The summed E-state index contributed by atoms with van der Waals surface area (Å²) in [5.74, 6) is 0. The van der Waals surface area contributed by atoms with Gasteiger partial charge in [-0.05, 0) is 18.4 Å². The van der Waals surface area contributed by atoms with Gasteiger partial charge in [0.05, 0.1) is 0 Å². The number of alkyl carbamates (subject to hydrolysis) is 1. The molecule has 0 saturated heterocycles. The van der Waals surface area contributed by atoms with Crippen molar-refractivity contribution >= 4 is 6.09 Å². The number of hydrogen-bond donors (Lipinski definition) is 1. The Morgan fingerprint density at radius 1 is 1.12 bits per heavy atom. The van der Waals surface area contributed by atoms with Gasteiger partial charge >= 0.3 is 6.09 Å². The fraction of sp³-hybridized carbons (Fsp3) is 0.476. The van der Waals surface area contributed by atoms with Gasteiger partial charge in [-0.1, -0.05) is 81.5 Å². The molecule has 0 bridgehead atoms. The third kappa shape index (κ3) is 9.88. The van der Waals surface area contributed by atoms with Gasteiger partial charge in [0.1, 0.15) is 6.61 Å². The smallest absolute Gasteiger partial charge is 0.411 e. The lowest BCUT2D eigenvalue weighted by molar-refractivity contribution is 0.142. The maximum absolute atomic E-state index is 11.9. The number of ether oxygens (including phenoxy) is 1. The van der Waals surface area contributed by atoms with Crippen molar-refractivity contribution in [2.75, 3.05) is 0 Å². The average Bonchev–Trinajstić information content (AvgIpc) is 2.60. The van der Waals surface area contributed by atoms with Gasteiger partial charge in [-0.15, -0.1) is 6.58 Å². The molecule has 0 aliphatic rings. The van der Waals surface area contributed by atoms with Crippen molar-refractivity contribution in [1.82, 2.24) is 5.32 Å². The van der Waals surface area contributed by atoms with E-state index in [2.05, 4.69) is 24.9 Å². The van der Waals surface area contributed by atoms with Crippen molar-refractivity contribution in [3.05, 3.63) is 60.3 Å². The van der Waals surface area contributed by atoms with Gasteiger partial charge in [-0.3, -0.25) is 5.32 Å². The van der Waals surface area contributed by atoms with Crippen LogP contribution in [-0.4, -0.2) is 6.09 Å². The van der Waals surface area contributed by atoms with Crippen LogP contribution in [0.5, 0.6) is 0 Å². The minimum Gasteiger partial charge on any atom is -0.444 e. The zero-order valence-electron chi connectivity index (χ0n) is 14.9. The number of nitrogens with one attached hydrogen (secondary N) is 1. The lowest BCUT2D eigenvalue weighted by atomic mass is 10.1. The zero-order valence-corrected chi connectivity index (χ0v) is 14.9. The molecule has 0 aromatic heterocycles. The first-order valence-corrected chi connectivity index (χ1v) is 9.04. The van der Waals surface area contributed by atoms with E-state index in [1.165, 1.54) is 32.1 Å². The van der Waals surface area contributed by atoms with Crippen LogP contribution >= 0.6 is 0 Å². The van der Waals surface area contributed by atoms with E-state index >= 15 is 0 Å². The van der Waals surface area contributed by atoms with Crippen LogP contribution in [0.2, 0.25) is 0 Å². The maximum atomic E-state index is 11.9. The van der Waals surface area contributed by atoms with Crippen molar-refractivity contribution in [3.63, 3.8) is 0 Å². The molecule has 24 heavy (non-hydrogen) atoms. The largest absolute Gasteiger partial charge is 0.444 e. The van der Waals surface area contributed by atoms with E-state index in [0.29, 0.717) is 6.42 Å². The molecule has 0 heterocycles. The second-order valence-electron chi connectivity index (χ2n) is 5.97. The average molecular weight is 329 g/mol. The minimum atomic E-state index is -0.408. The van der Waals surface area contributed by atoms with Crippen LogP contribution < -0.4 is 5.32 Å². The number of rotatable bonds is 12. The van der Waals surface area contributed by atoms with Gasteiger partial charge in [0.15, 0.2) is 0 Å². The van der Waals surface area contributed by atoms with Crippen molar-refractivity contribution in [1.29, 1.82) is 0 Å². The van der Waals surface area contributed by atoms with Gasteiger partial charge in [0.25, 0.3) is 0 Å². The molecule has 0 radical (unpaired) electrons. The summed E-state index contributed by atoms with van der Waals surface area (Å²) in [6.07, 6.45) is 12.7. The molecule has 0 saturated carbocycles. The van der Waals surface area contributed by atoms with E-state index in [1.807, 2.05) is 30.3 Å². The quantitative estimate of drug-likeness (QED) is 0.370. The number of allylic oxidation sites excluding steroid dienone is 2. The summed E-state index contributed by atoms with van der Waals surface area (Å²) in [7, 11) is 0. The highest BCUT2D eigenvalue weighted by Crippen LogP contribution is 2.09. The molecule has 1 N–H and O–H groups in total. The molecule has 0 atom stereocenters. The molecular formula is C21H31NO2. The predicted octanol–water partition coefficient (Wildman–Crippen LogP) is 6.12. The number of carbonyl (C=O) groups is 1. The van der Waals surface area contributed by atoms with Gasteiger partial charge < -0.3 is 4.74 Å². The van der Waals surface area contributed by atoms with Gasteiger partial charge in [0.2, 0.25) is 0 Å². The van der Waals surface area contributed by atoms with Crippen LogP contribution in [0.4, 0.5) is 4.79 Å². The van der Waals surface area contributed by atoms with Crippen LogP contribution in [0.25, 0.3) is 0 Å². The molecule has 0 unspecified atom stereocenters. The molecule has 1 aromatic carbocycles. The zero-order chi connectivity index (χ0) is 17.5. The van der Waals surface area contributed by atoms with Crippen LogP contribution in [0.3, 0.4) is 0 Å². The number of unbranched alkanes of at least 4 members (excludes halogenated alkanes) is 6. The standard InChI is InChI=1S/C21H31NO2/c1-3-5-6-7-8-9-13-17-20(14-4-2)22-21(23)24-18-19-15-11-10-12-16-19/h4,10-12,15-17H,2-3,5-9,13-14,18H2,1H3,(H,22,23)/b20-17+. The molecule has 1 aromatic rings. The fourth-order valence-corrected chi connectivity index (χ4v) is 2.43. The summed E-state index contributed by atoms with van der Waals surface area (Å²) in [5.41, 5.74) is 1.85. The summed E-state index contributed by atoms with van der Waals surface area (Å²) in [5, 5.41) is 2.83. The highest BCUT2D eigenvalue weighted by Gasteiger charge is 2.05. The van der Waals surface area contributed by atoms with Crippen LogP contribution in [0, 0.1) is 0 Å². The first kappa shape index (κ1) is 20.0. The number of hydrogen-bond acceptors (Lipinski definition) is 2. The lowest BCUT2D eigenvalue weighted by Gasteiger charge is -2.09. The lowest BCUT2D eigenvalue weighted by Crippen LogP contribution is -2.23. The summed E-state index contributed by atoms with van der Waals surface area (Å²) < 4.78 is 5.25. The summed E-state index contributed by atoms with van der Waals surface area (Å²) >= 11 is 0. The Labute approximate surface area is 146 Å². The molecule has 1 amide bonds. The molecule has 0 aliphatic carbocycles. The summed E-state index contributed by atoms with van der Waals surface area (Å²) in [4.78, 5) is 11.9. The Balaban J connectivity index is 2.28. The molecule has 3 nitrogen and oxygen atoms in total. The Hall–Kier alpha value is -2.03. The predicted molar refractivity (Wildman–Crippen MR) is 101 cm³/mol. The van der Waals surface area contributed by atoms with E-state index in [1.54, 1.807) is 6.08 Å². The van der Waals surface area contributed by atoms with E-state index in [4.69, 9.17) is 4.74 Å². The van der Waals surface area contributed by atoms with Crippen molar-refractivity contribution < 1.29 is 9.53 Å². The van der Waals surface area contributed by atoms with Crippen molar-refractivity contribution in [2.45, 2.75) is 64.9 Å².